The van der Waals surface area contributed by atoms with Gasteiger partial charge in [-0.1, -0.05) is 0 Å². The molecular weight excluding hydrogens is 553 g/mol. The lowest BCUT2D eigenvalue weighted by molar-refractivity contribution is -0.750. The predicted molar refractivity (Wildman–Crippen MR) is 155 cm³/mol. The van der Waals surface area contributed by atoms with Crippen LogP contribution in [0.1, 0.15) is 69.9 Å². The number of halogens is 1. The Bertz CT molecular complexity index is 1660. The summed E-state index contributed by atoms with van der Waals surface area (Å²) in [5, 5.41) is 24.6. The smallest absolute Gasteiger partial charge is 0.410 e. The lowest BCUT2D eigenvalue weighted by Gasteiger charge is -2.34. The Labute approximate surface area is 249 Å². The van der Waals surface area contributed by atoms with Crippen molar-refractivity contribution in [2.45, 2.75) is 71.8 Å². The number of piperidine rings is 1. The first-order chi connectivity index (χ1) is 20.5. The molecule has 1 atom stereocenters. The number of imidazole rings is 1. The monoisotopic (exact) mass is 590 g/mol. The van der Waals surface area contributed by atoms with E-state index in [1.807, 2.05) is 51.4 Å². The Kier molecular flexibility index (Phi) is 8.37. The SMILES string of the molecule is Cc1c(-c2cc(O[C@H](C)[n+]3ccc(F)cc3)n3c(C#N)cnc3c2)c(CCO)nn1C1CCN(C(=O)OC(C)(C)C)CC1. The van der Waals surface area contributed by atoms with E-state index in [0.29, 0.717) is 49.6 Å². The highest BCUT2D eigenvalue weighted by Gasteiger charge is 2.30. The third-order valence-corrected chi connectivity index (χ3v) is 7.53. The highest BCUT2D eigenvalue weighted by atomic mass is 19.1. The van der Waals surface area contributed by atoms with Crippen molar-refractivity contribution in [3.05, 3.63) is 65.8 Å². The molecule has 1 saturated heterocycles. The number of carbonyl (C=O) groups is 1. The summed E-state index contributed by atoms with van der Waals surface area (Å²) in [4.78, 5) is 18.8. The fraction of sp³-hybridized carbons (Fsp3) is 0.452. The Hall–Kier alpha value is -4.50. The van der Waals surface area contributed by atoms with Gasteiger partial charge < -0.3 is 19.5 Å². The van der Waals surface area contributed by atoms with Crippen molar-refractivity contribution in [3.63, 3.8) is 0 Å². The summed E-state index contributed by atoms with van der Waals surface area (Å²) in [7, 11) is 0. The molecule has 11 nitrogen and oxygen atoms in total. The minimum Gasteiger partial charge on any atom is -0.444 e. The van der Waals surface area contributed by atoms with Crippen molar-refractivity contribution in [1.82, 2.24) is 24.1 Å². The fourth-order valence-electron chi connectivity index (χ4n) is 5.50. The lowest BCUT2D eigenvalue weighted by Crippen LogP contribution is -2.42. The van der Waals surface area contributed by atoms with Gasteiger partial charge in [0.25, 0.3) is 6.23 Å². The molecule has 0 spiro atoms. The number of ether oxygens (including phenoxy) is 2. The Morgan fingerprint density at radius 3 is 2.58 bits per heavy atom. The molecule has 0 aliphatic carbocycles. The molecule has 1 amide bonds. The van der Waals surface area contributed by atoms with E-state index in [9.17, 15) is 19.6 Å². The van der Waals surface area contributed by atoms with Crippen LogP contribution < -0.4 is 9.30 Å². The van der Waals surface area contributed by atoms with Gasteiger partial charge in [0.2, 0.25) is 5.88 Å². The number of nitrogens with zero attached hydrogens (tertiary/aromatic N) is 7. The van der Waals surface area contributed by atoms with E-state index in [1.54, 1.807) is 26.3 Å². The molecule has 5 heterocycles. The number of carbonyl (C=O) groups excluding carboxylic acids is 1. The van der Waals surface area contributed by atoms with E-state index in [1.165, 1.54) is 18.3 Å². The number of aliphatic hydroxyl groups excluding tert-OH is 1. The quantitative estimate of drug-likeness (QED) is 0.314. The van der Waals surface area contributed by atoms with Gasteiger partial charge in [0, 0.05) is 62.5 Å². The number of amides is 1. The molecule has 1 aliphatic rings. The summed E-state index contributed by atoms with van der Waals surface area (Å²) in [6.07, 6.45) is 5.60. The van der Waals surface area contributed by atoms with Crippen LogP contribution in [0.2, 0.25) is 0 Å². The number of fused-ring (bicyclic) bond motifs is 1. The molecule has 4 aromatic heterocycles. The molecule has 0 aromatic carbocycles. The molecule has 5 rings (SSSR count). The second kappa shape index (κ2) is 12.0. The number of aromatic nitrogens is 5. The Morgan fingerprint density at radius 2 is 1.95 bits per heavy atom. The zero-order valence-electron chi connectivity index (χ0n) is 25.1. The minimum atomic E-state index is -0.553. The second-order valence-electron chi connectivity index (χ2n) is 11.7. The summed E-state index contributed by atoms with van der Waals surface area (Å²) in [6.45, 7) is 10.4. The number of likely N-dealkylation sites (tertiary alicyclic amines) is 1. The van der Waals surface area contributed by atoms with Gasteiger partial charge in [0.1, 0.15) is 28.8 Å². The van der Waals surface area contributed by atoms with E-state index in [4.69, 9.17) is 14.6 Å². The summed E-state index contributed by atoms with van der Waals surface area (Å²) in [6, 6.07) is 8.65. The highest BCUT2D eigenvalue weighted by molar-refractivity contribution is 5.74. The van der Waals surface area contributed by atoms with Crippen LogP contribution in [-0.2, 0) is 11.2 Å². The maximum atomic E-state index is 13.5. The topological polar surface area (TPSA) is 122 Å². The number of nitriles is 1. The van der Waals surface area contributed by atoms with Crippen LogP contribution in [0.4, 0.5) is 9.18 Å². The van der Waals surface area contributed by atoms with E-state index >= 15 is 0 Å². The number of rotatable bonds is 7. The average molecular weight is 591 g/mol. The van der Waals surface area contributed by atoms with Gasteiger partial charge in [0.15, 0.2) is 12.4 Å². The van der Waals surface area contributed by atoms with Gasteiger partial charge >= 0.3 is 6.09 Å². The molecule has 1 N–H and O–H groups in total. The normalized spacial score (nSPS) is 15.0. The molecular formula is C31H37FN7O4+. The molecule has 0 saturated carbocycles. The zero-order chi connectivity index (χ0) is 30.9. The third kappa shape index (κ3) is 6.32. The number of pyridine rings is 2. The van der Waals surface area contributed by atoms with Crippen LogP contribution in [0.15, 0.2) is 42.9 Å². The number of aliphatic hydroxyl groups is 1. The van der Waals surface area contributed by atoms with Gasteiger partial charge in [-0.15, -0.1) is 0 Å². The molecule has 226 valence electrons. The predicted octanol–water partition coefficient (Wildman–Crippen LogP) is 4.51. The van der Waals surface area contributed by atoms with Gasteiger partial charge in [0.05, 0.1) is 17.9 Å². The van der Waals surface area contributed by atoms with Gasteiger partial charge in [-0.2, -0.15) is 14.9 Å². The lowest BCUT2D eigenvalue weighted by atomic mass is 10.0. The summed E-state index contributed by atoms with van der Waals surface area (Å²) in [5.41, 5.74) is 3.58. The van der Waals surface area contributed by atoms with Gasteiger partial charge in [-0.25, -0.2) is 14.2 Å². The molecule has 12 heteroatoms. The highest BCUT2D eigenvalue weighted by Crippen LogP contribution is 2.36. The molecule has 0 unspecified atom stereocenters. The molecule has 43 heavy (non-hydrogen) atoms. The molecule has 0 bridgehead atoms. The van der Waals surface area contributed by atoms with E-state index in [0.717, 1.165) is 22.5 Å². The molecule has 0 radical (unpaired) electrons. The van der Waals surface area contributed by atoms with Crippen molar-refractivity contribution < 1.29 is 28.3 Å². The molecule has 4 aromatic rings. The first kappa shape index (κ1) is 30.0. The van der Waals surface area contributed by atoms with Gasteiger partial charge in [-0.05, 0) is 52.2 Å². The van der Waals surface area contributed by atoms with Crippen LogP contribution in [0.5, 0.6) is 5.88 Å². The number of hydrogen-bond donors (Lipinski definition) is 1. The van der Waals surface area contributed by atoms with Crippen LogP contribution in [0.3, 0.4) is 0 Å². The van der Waals surface area contributed by atoms with E-state index in [-0.39, 0.29) is 24.6 Å². The Morgan fingerprint density at radius 1 is 1.26 bits per heavy atom. The van der Waals surface area contributed by atoms with Crippen molar-refractivity contribution >= 4 is 11.7 Å². The van der Waals surface area contributed by atoms with Crippen LogP contribution in [-0.4, -0.2) is 60.6 Å². The van der Waals surface area contributed by atoms with Crippen LogP contribution in [0.25, 0.3) is 16.8 Å². The minimum absolute atomic E-state index is 0.0656. The van der Waals surface area contributed by atoms with Gasteiger partial charge in [-0.3, -0.25) is 9.08 Å². The van der Waals surface area contributed by atoms with E-state index in [2.05, 4.69) is 11.1 Å². The summed E-state index contributed by atoms with van der Waals surface area (Å²) >= 11 is 0. The van der Waals surface area contributed by atoms with Crippen molar-refractivity contribution in [3.8, 4) is 23.1 Å². The second-order valence-corrected chi connectivity index (χ2v) is 11.7. The maximum Gasteiger partial charge on any atom is 0.410 e. The first-order valence-corrected chi connectivity index (χ1v) is 14.4. The summed E-state index contributed by atoms with van der Waals surface area (Å²) < 4.78 is 30.8. The summed E-state index contributed by atoms with van der Waals surface area (Å²) in [5.74, 6) is 0.0345. The fourth-order valence-corrected chi connectivity index (χ4v) is 5.50. The Balaban J connectivity index is 1.49. The van der Waals surface area contributed by atoms with Crippen molar-refractivity contribution in [1.29, 1.82) is 5.26 Å². The van der Waals surface area contributed by atoms with Crippen molar-refractivity contribution in [2.24, 2.45) is 0 Å². The molecule has 1 fully saturated rings. The molecule has 1 aliphatic heterocycles. The van der Waals surface area contributed by atoms with E-state index < -0.39 is 11.8 Å². The largest absolute Gasteiger partial charge is 0.444 e. The first-order valence-electron chi connectivity index (χ1n) is 14.4. The average Bonchev–Trinajstić information content (AvgIpc) is 3.53. The van der Waals surface area contributed by atoms with Crippen LogP contribution in [0, 0.1) is 24.1 Å². The maximum absolute atomic E-state index is 13.5. The third-order valence-electron chi connectivity index (χ3n) is 7.53. The number of hydrogen-bond acceptors (Lipinski definition) is 7. The standard InChI is InChI=1S/C31H37FN7O4/c1-20-29(26(10-15-40)35-39(20)24-8-13-37(14-9-24)30(41)43-31(3,4)5)22-16-27-34-19-25(18-33)38(27)28(17-22)42-21(2)36-11-6-23(32)7-12-36/h6-7,11-12,16-17,19,21,24,40H,8-10,13-15H2,1-5H3/q+1/t21-/m1/s1. The van der Waals surface area contributed by atoms with Crippen molar-refractivity contribution in [2.75, 3.05) is 19.7 Å². The zero-order valence-corrected chi connectivity index (χ0v) is 25.1. The van der Waals surface area contributed by atoms with Crippen LogP contribution >= 0.6 is 0 Å².